The van der Waals surface area contributed by atoms with Crippen molar-refractivity contribution in [1.82, 2.24) is 5.32 Å². The number of hydrogen-bond acceptors (Lipinski definition) is 3. The van der Waals surface area contributed by atoms with Gasteiger partial charge in [-0.3, -0.25) is 4.79 Å². The van der Waals surface area contributed by atoms with E-state index in [9.17, 15) is 4.79 Å². The molecule has 1 aromatic rings. The molecule has 20 heavy (non-hydrogen) atoms. The van der Waals surface area contributed by atoms with Crippen molar-refractivity contribution in [3.63, 3.8) is 0 Å². The van der Waals surface area contributed by atoms with E-state index < -0.39 is 0 Å². The minimum absolute atomic E-state index is 0.0258. The standard InChI is InChI=1S/C16H19NO3/c1-19-14-4-2-3-5-15(14)20-10-16(18)17-13-9-11-6-7-12(13)8-11/h2-7,11-13H,8-10H2,1H3,(H,17,18). The molecule has 4 nitrogen and oxygen atoms in total. The van der Waals surface area contributed by atoms with Crippen molar-refractivity contribution in [2.75, 3.05) is 13.7 Å². The summed E-state index contributed by atoms with van der Waals surface area (Å²) in [7, 11) is 1.59. The fourth-order valence-electron chi connectivity index (χ4n) is 3.08. The lowest BCUT2D eigenvalue weighted by Gasteiger charge is -2.20. The Balaban J connectivity index is 1.51. The molecule has 4 heteroatoms. The number of fused-ring (bicyclic) bond motifs is 2. The molecule has 3 rings (SSSR count). The van der Waals surface area contributed by atoms with E-state index in [1.807, 2.05) is 18.2 Å². The zero-order chi connectivity index (χ0) is 13.9. The molecule has 0 spiro atoms. The first kappa shape index (κ1) is 13.0. The summed E-state index contributed by atoms with van der Waals surface area (Å²) in [5.41, 5.74) is 0. The number of benzene rings is 1. The Kier molecular flexibility index (Phi) is 3.63. The minimum atomic E-state index is -0.0677. The lowest BCUT2D eigenvalue weighted by molar-refractivity contribution is -0.124. The quantitative estimate of drug-likeness (QED) is 0.836. The van der Waals surface area contributed by atoms with E-state index in [-0.39, 0.29) is 18.6 Å². The molecule has 3 unspecified atom stereocenters. The van der Waals surface area contributed by atoms with Crippen molar-refractivity contribution in [1.29, 1.82) is 0 Å². The third kappa shape index (κ3) is 2.64. The summed E-state index contributed by atoms with van der Waals surface area (Å²) in [4.78, 5) is 11.9. The SMILES string of the molecule is COc1ccccc1OCC(=O)NC1CC2C=CC1C2. The number of carbonyl (C=O) groups excluding carboxylic acids is 1. The normalized spacial score (nSPS) is 26.6. The van der Waals surface area contributed by atoms with E-state index in [1.54, 1.807) is 13.2 Å². The van der Waals surface area contributed by atoms with Gasteiger partial charge in [0.05, 0.1) is 7.11 Å². The highest BCUT2D eigenvalue weighted by atomic mass is 16.5. The number of nitrogens with one attached hydrogen (secondary N) is 1. The Morgan fingerprint density at radius 3 is 2.70 bits per heavy atom. The summed E-state index contributed by atoms with van der Waals surface area (Å²) in [5, 5.41) is 3.06. The van der Waals surface area contributed by atoms with E-state index >= 15 is 0 Å². The maximum absolute atomic E-state index is 11.9. The first-order valence-corrected chi connectivity index (χ1v) is 7.00. The van der Waals surface area contributed by atoms with Gasteiger partial charge in [0.25, 0.3) is 5.91 Å². The average molecular weight is 273 g/mol. The fraction of sp³-hybridized carbons (Fsp3) is 0.438. The van der Waals surface area contributed by atoms with E-state index in [2.05, 4.69) is 17.5 Å². The van der Waals surface area contributed by atoms with Crippen LogP contribution in [0.3, 0.4) is 0 Å². The summed E-state index contributed by atoms with van der Waals surface area (Å²) >= 11 is 0. The van der Waals surface area contributed by atoms with Crippen molar-refractivity contribution in [2.45, 2.75) is 18.9 Å². The number of methoxy groups -OCH3 is 1. The molecule has 1 aromatic carbocycles. The largest absolute Gasteiger partial charge is 0.493 e. The van der Waals surface area contributed by atoms with Crippen molar-refractivity contribution in [2.24, 2.45) is 11.8 Å². The molecule has 2 aliphatic carbocycles. The maximum atomic E-state index is 11.9. The van der Waals surface area contributed by atoms with E-state index in [0.29, 0.717) is 23.3 Å². The van der Waals surface area contributed by atoms with Gasteiger partial charge in [0.2, 0.25) is 0 Å². The molecular formula is C16H19NO3. The van der Waals surface area contributed by atoms with Crippen LogP contribution in [0, 0.1) is 11.8 Å². The van der Waals surface area contributed by atoms with Crippen LogP contribution in [0.1, 0.15) is 12.8 Å². The number of ether oxygens (including phenoxy) is 2. The predicted octanol–water partition coefficient (Wildman–Crippen LogP) is 2.15. The van der Waals surface area contributed by atoms with E-state index in [1.165, 1.54) is 6.42 Å². The lowest BCUT2D eigenvalue weighted by Crippen LogP contribution is -2.40. The lowest BCUT2D eigenvalue weighted by atomic mass is 10.0. The molecule has 1 saturated carbocycles. The first-order chi connectivity index (χ1) is 9.76. The molecule has 0 heterocycles. The van der Waals surface area contributed by atoms with Crippen LogP contribution >= 0.6 is 0 Å². The number of hydrogen-bond donors (Lipinski definition) is 1. The third-order valence-corrected chi connectivity index (χ3v) is 4.05. The summed E-state index contributed by atoms with van der Waals surface area (Å²) in [6.07, 6.45) is 6.72. The Bertz CT molecular complexity index is 526. The van der Waals surface area contributed by atoms with Crippen molar-refractivity contribution >= 4 is 5.91 Å². The number of para-hydroxylation sites is 2. The minimum Gasteiger partial charge on any atom is -0.493 e. The maximum Gasteiger partial charge on any atom is 0.258 e. The van der Waals surface area contributed by atoms with Crippen LogP contribution in [0.15, 0.2) is 36.4 Å². The predicted molar refractivity (Wildman–Crippen MR) is 75.8 cm³/mol. The van der Waals surface area contributed by atoms with Gasteiger partial charge in [-0.1, -0.05) is 24.3 Å². The monoisotopic (exact) mass is 273 g/mol. The van der Waals surface area contributed by atoms with Gasteiger partial charge in [-0.2, -0.15) is 0 Å². The van der Waals surface area contributed by atoms with Gasteiger partial charge in [-0.15, -0.1) is 0 Å². The second kappa shape index (κ2) is 5.57. The molecule has 1 amide bonds. The van der Waals surface area contributed by atoms with Gasteiger partial charge in [0.15, 0.2) is 18.1 Å². The topological polar surface area (TPSA) is 47.6 Å². The molecular weight excluding hydrogens is 254 g/mol. The fourth-order valence-corrected chi connectivity index (χ4v) is 3.08. The Labute approximate surface area is 118 Å². The molecule has 0 saturated heterocycles. The highest BCUT2D eigenvalue weighted by Crippen LogP contribution is 2.38. The van der Waals surface area contributed by atoms with E-state index in [0.717, 1.165) is 6.42 Å². The van der Waals surface area contributed by atoms with Gasteiger partial charge in [0, 0.05) is 6.04 Å². The van der Waals surface area contributed by atoms with Crippen LogP contribution in [0.5, 0.6) is 11.5 Å². The highest BCUT2D eigenvalue weighted by molar-refractivity contribution is 5.78. The van der Waals surface area contributed by atoms with E-state index in [4.69, 9.17) is 9.47 Å². The molecule has 2 bridgehead atoms. The van der Waals surface area contributed by atoms with Crippen LogP contribution in [0.25, 0.3) is 0 Å². The molecule has 106 valence electrons. The Hall–Kier alpha value is -1.97. The van der Waals surface area contributed by atoms with Crippen LogP contribution in [-0.4, -0.2) is 25.7 Å². The number of rotatable bonds is 5. The van der Waals surface area contributed by atoms with Gasteiger partial charge in [-0.25, -0.2) is 0 Å². The van der Waals surface area contributed by atoms with Gasteiger partial charge in [-0.05, 0) is 36.8 Å². The van der Waals surface area contributed by atoms with Gasteiger partial charge in [0.1, 0.15) is 0 Å². The van der Waals surface area contributed by atoms with Gasteiger partial charge >= 0.3 is 0 Å². The average Bonchev–Trinajstić information content (AvgIpc) is 3.08. The zero-order valence-corrected chi connectivity index (χ0v) is 11.5. The molecule has 0 aromatic heterocycles. The van der Waals surface area contributed by atoms with Gasteiger partial charge < -0.3 is 14.8 Å². The molecule has 0 radical (unpaired) electrons. The van der Waals surface area contributed by atoms with Crippen LogP contribution in [0.2, 0.25) is 0 Å². The second-order valence-electron chi connectivity index (χ2n) is 5.39. The second-order valence-corrected chi connectivity index (χ2v) is 5.39. The Morgan fingerprint density at radius 1 is 1.25 bits per heavy atom. The third-order valence-electron chi connectivity index (χ3n) is 4.05. The number of carbonyl (C=O) groups is 1. The summed E-state index contributed by atoms with van der Waals surface area (Å²) < 4.78 is 10.7. The van der Waals surface area contributed by atoms with Crippen LogP contribution < -0.4 is 14.8 Å². The summed E-state index contributed by atoms with van der Waals surface area (Å²) in [6, 6.07) is 7.61. The van der Waals surface area contributed by atoms with Crippen molar-refractivity contribution in [3.05, 3.63) is 36.4 Å². The molecule has 2 aliphatic rings. The smallest absolute Gasteiger partial charge is 0.258 e. The molecule has 0 aliphatic heterocycles. The molecule has 1 fully saturated rings. The molecule has 1 N–H and O–H groups in total. The van der Waals surface area contributed by atoms with Crippen molar-refractivity contribution in [3.8, 4) is 11.5 Å². The zero-order valence-electron chi connectivity index (χ0n) is 11.5. The Morgan fingerprint density at radius 2 is 2.05 bits per heavy atom. The summed E-state index contributed by atoms with van der Waals surface area (Å²) in [6.45, 7) is 0.0258. The number of amides is 1. The van der Waals surface area contributed by atoms with Crippen molar-refractivity contribution < 1.29 is 14.3 Å². The first-order valence-electron chi connectivity index (χ1n) is 7.00. The molecule has 3 atom stereocenters. The van der Waals surface area contributed by atoms with Crippen LogP contribution in [0.4, 0.5) is 0 Å². The summed E-state index contributed by atoms with van der Waals surface area (Å²) in [5.74, 6) is 2.33. The number of allylic oxidation sites excluding steroid dienone is 1. The van der Waals surface area contributed by atoms with Crippen LogP contribution in [-0.2, 0) is 4.79 Å². The highest BCUT2D eigenvalue weighted by Gasteiger charge is 2.36.